The highest BCUT2D eigenvalue weighted by Gasteiger charge is 2.07. The number of hydrogen-bond acceptors (Lipinski definition) is 6. The van der Waals surface area contributed by atoms with E-state index in [0.29, 0.717) is 12.3 Å². The minimum Gasteiger partial charge on any atom is -0.360 e. The third kappa shape index (κ3) is 5.73. The zero-order valence-corrected chi connectivity index (χ0v) is 13.5. The number of carbonyl (C=O) groups is 1. The number of nitrogens with one attached hydrogen (secondary N) is 2. The molecule has 0 unspecified atom stereocenters. The van der Waals surface area contributed by atoms with Crippen LogP contribution in [0, 0.1) is 0 Å². The van der Waals surface area contributed by atoms with Crippen molar-refractivity contribution in [1.29, 1.82) is 0 Å². The molecule has 0 atom stereocenters. The van der Waals surface area contributed by atoms with E-state index in [1.165, 1.54) is 28.7 Å². The first-order valence-electron chi connectivity index (χ1n) is 6.78. The SMILES string of the molecule is CCNc1nnc(SCC(=O)NCCc2ccccc2)s1. The van der Waals surface area contributed by atoms with Crippen LogP contribution in [0.4, 0.5) is 5.13 Å². The van der Waals surface area contributed by atoms with Gasteiger partial charge >= 0.3 is 0 Å². The Morgan fingerprint density at radius 1 is 1.29 bits per heavy atom. The molecule has 1 amide bonds. The highest BCUT2D eigenvalue weighted by molar-refractivity contribution is 8.01. The number of aromatic nitrogens is 2. The second kappa shape index (κ2) is 8.63. The van der Waals surface area contributed by atoms with Crippen LogP contribution in [-0.2, 0) is 11.2 Å². The third-order valence-electron chi connectivity index (χ3n) is 2.64. The molecule has 1 aromatic carbocycles. The largest absolute Gasteiger partial charge is 0.360 e. The predicted octanol–water partition coefficient (Wildman–Crippen LogP) is 2.42. The van der Waals surface area contributed by atoms with Crippen molar-refractivity contribution in [3.05, 3.63) is 35.9 Å². The maximum atomic E-state index is 11.7. The van der Waals surface area contributed by atoms with Crippen molar-refractivity contribution < 1.29 is 4.79 Å². The molecule has 0 saturated carbocycles. The standard InChI is InChI=1S/C14H18N4OS2/c1-2-15-13-17-18-14(21-13)20-10-12(19)16-9-8-11-6-4-3-5-7-11/h3-7H,2,8-10H2,1H3,(H,15,17)(H,16,19). The van der Waals surface area contributed by atoms with Crippen LogP contribution in [0.3, 0.4) is 0 Å². The van der Waals surface area contributed by atoms with Crippen molar-refractivity contribution in [2.45, 2.75) is 17.7 Å². The molecule has 0 spiro atoms. The van der Waals surface area contributed by atoms with Gasteiger partial charge < -0.3 is 10.6 Å². The number of carbonyl (C=O) groups excluding carboxylic acids is 1. The van der Waals surface area contributed by atoms with Crippen LogP contribution in [0.2, 0.25) is 0 Å². The number of hydrogen-bond donors (Lipinski definition) is 2. The maximum absolute atomic E-state index is 11.7. The molecule has 0 saturated heterocycles. The first-order chi connectivity index (χ1) is 10.3. The number of thioether (sulfide) groups is 1. The molecule has 112 valence electrons. The van der Waals surface area contributed by atoms with E-state index in [1.807, 2.05) is 25.1 Å². The van der Waals surface area contributed by atoms with Crippen molar-refractivity contribution in [3.8, 4) is 0 Å². The minimum absolute atomic E-state index is 0.0242. The number of anilines is 1. The van der Waals surface area contributed by atoms with Gasteiger partial charge in [0, 0.05) is 13.1 Å². The third-order valence-corrected chi connectivity index (χ3v) is 4.65. The molecule has 0 aliphatic heterocycles. The zero-order valence-electron chi connectivity index (χ0n) is 11.8. The van der Waals surface area contributed by atoms with Gasteiger partial charge in [0.05, 0.1) is 5.75 Å². The van der Waals surface area contributed by atoms with Crippen LogP contribution in [-0.4, -0.2) is 34.9 Å². The van der Waals surface area contributed by atoms with Gasteiger partial charge in [-0.1, -0.05) is 53.4 Å². The molecule has 21 heavy (non-hydrogen) atoms. The Bertz CT molecular complexity index is 559. The summed E-state index contributed by atoms with van der Waals surface area (Å²) in [5.41, 5.74) is 1.23. The lowest BCUT2D eigenvalue weighted by molar-refractivity contribution is -0.118. The van der Waals surface area contributed by atoms with Crippen LogP contribution in [0.25, 0.3) is 0 Å². The molecule has 0 fully saturated rings. The van der Waals surface area contributed by atoms with Gasteiger partial charge in [-0.15, -0.1) is 10.2 Å². The van der Waals surface area contributed by atoms with E-state index in [1.54, 1.807) is 0 Å². The lowest BCUT2D eigenvalue weighted by atomic mass is 10.1. The fourth-order valence-electron chi connectivity index (χ4n) is 1.66. The lowest BCUT2D eigenvalue weighted by Gasteiger charge is -2.04. The average molecular weight is 322 g/mol. The molecule has 7 heteroatoms. The Kier molecular flexibility index (Phi) is 6.49. The molecule has 0 bridgehead atoms. The Labute approximate surface area is 132 Å². The second-order valence-corrected chi connectivity index (χ2v) is 6.48. The van der Waals surface area contributed by atoms with Crippen molar-refractivity contribution in [2.75, 3.05) is 24.2 Å². The van der Waals surface area contributed by atoms with Gasteiger partial charge in [-0.3, -0.25) is 4.79 Å². The quantitative estimate of drug-likeness (QED) is 0.731. The molecule has 1 heterocycles. The minimum atomic E-state index is 0.0242. The molecule has 5 nitrogen and oxygen atoms in total. The summed E-state index contributed by atoms with van der Waals surface area (Å²) in [6, 6.07) is 10.1. The molecular weight excluding hydrogens is 304 g/mol. The van der Waals surface area contributed by atoms with Crippen molar-refractivity contribution in [2.24, 2.45) is 0 Å². The summed E-state index contributed by atoms with van der Waals surface area (Å²) in [6.45, 7) is 3.48. The molecule has 2 rings (SSSR count). The smallest absolute Gasteiger partial charge is 0.230 e. The van der Waals surface area contributed by atoms with E-state index in [-0.39, 0.29) is 5.91 Å². The van der Waals surface area contributed by atoms with E-state index in [4.69, 9.17) is 0 Å². The highest BCUT2D eigenvalue weighted by atomic mass is 32.2. The summed E-state index contributed by atoms with van der Waals surface area (Å²) in [5, 5.41) is 14.8. The Balaban J connectivity index is 1.65. The monoisotopic (exact) mass is 322 g/mol. The van der Waals surface area contributed by atoms with Gasteiger partial charge in [0.1, 0.15) is 0 Å². The fraction of sp³-hybridized carbons (Fsp3) is 0.357. The second-order valence-electron chi connectivity index (χ2n) is 4.28. The number of amides is 1. The van der Waals surface area contributed by atoms with Gasteiger partial charge in [-0.25, -0.2) is 0 Å². The topological polar surface area (TPSA) is 66.9 Å². The molecule has 0 aliphatic carbocycles. The van der Waals surface area contributed by atoms with Crippen LogP contribution in [0.5, 0.6) is 0 Å². The van der Waals surface area contributed by atoms with E-state index in [9.17, 15) is 4.79 Å². The summed E-state index contributed by atoms with van der Waals surface area (Å²) in [4.78, 5) is 11.7. The van der Waals surface area contributed by atoms with E-state index >= 15 is 0 Å². The van der Waals surface area contributed by atoms with Crippen LogP contribution in [0.1, 0.15) is 12.5 Å². The summed E-state index contributed by atoms with van der Waals surface area (Å²) < 4.78 is 0.809. The molecule has 0 aliphatic rings. The zero-order chi connectivity index (χ0) is 14.9. The summed E-state index contributed by atoms with van der Waals surface area (Å²) in [7, 11) is 0. The molecule has 2 aromatic rings. The van der Waals surface area contributed by atoms with Gasteiger partial charge in [-0.2, -0.15) is 0 Å². The van der Waals surface area contributed by atoms with Gasteiger partial charge in [0.15, 0.2) is 4.34 Å². The molecular formula is C14H18N4OS2. The van der Waals surface area contributed by atoms with Crippen LogP contribution in [0.15, 0.2) is 34.7 Å². The molecule has 0 radical (unpaired) electrons. The van der Waals surface area contributed by atoms with Crippen LogP contribution < -0.4 is 10.6 Å². The summed E-state index contributed by atoms with van der Waals surface area (Å²) in [5.74, 6) is 0.395. The van der Waals surface area contributed by atoms with E-state index < -0.39 is 0 Å². The van der Waals surface area contributed by atoms with Gasteiger partial charge in [0.25, 0.3) is 0 Å². The normalized spacial score (nSPS) is 10.3. The summed E-state index contributed by atoms with van der Waals surface area (Å²) >= 11 is 2.88. The van der Waals surface area contributed by atoms with E-state index in [0.717, 1.165) is 22.4 Å². The number of rotatable bonds is 8. The predicted molar refractivity (Wildman–Crippen MR) is 88.0 cm³/mol. The average Bonchev–Trinajstić information content (AvgIpc) is 2.94. The highest BCUT2D eigenvalue weighted by Crippen LogP contribution is 2.24. The van der Waals surface area contributed by atoms with Gasteiger partial charge in [0.2, 0.25) is 11.0 Å². The Hall–Kier alpha value is -1.60. The first kappa shape index (κ1) is 15.8. The van der Waals surface area contributed by atoms with Crippen molar-refractivity contribution in [3.63, 3.8) is 0 Å². The maximum Gasteiger partial charge on any atom is 0.230 e. The molecule has 2 N–H and O–H groups in total. The van der Waals surface area contributed by atoms with E-state index in [2.05, 4.69) is 33.0 Å². The van der Waals surface area contributed by atoms with Crippen LogP contribution >= 0.6 is 23.1 Å². The summed E-state index contributed by atoms with van der Waals surface area (Å²) in [6.07, 6.45) is 0.848. The molecule has 1 aromatic heterocycles. The van der Waals surface area contributed by atoms with Gasteiger partial charge in [-0.05, 0) is 18.9 Å². The number of nitrogens with zero attached hydrogens (tertiary/aromatic N) is 2. The van der Waals surface area contributed by atoms with Crippen molar-refractivity contribution in [1.82, 2.24) is 15.5 Å². The first-order valence-corrected chi connectivity index (χ1v) is 8.59. The Morgan fingerprint density at radius 3 is 2.86 bits per heavy atom. The number of benzene rings is 1. The lowest BCUT2D eigenvalue weighted by Crippen LogP contribution is -2.27. The van der Waals surface area contributed by atoms with Crippen molar-refractivity contribution >= 4 is 34.1 Å². The Morgan fingerprint density at radius 2 is 2.10 bits per heavy atom. The fourth-order valence-corrected chi connectivity index (χ4v) is 3.31.